The molecular formula is C12H12BrN3OS. The van der Waals surface area contributed by atoms with Crippen LogP contribution < -0.4 is 11.1 Å². The van der Waals surface area contributed by atoms with Crippen LogP contribution in [0.25, 0.3) is 0 Å². The van der Waals surface area contributed by atoms with Crippen molar-refractivity contribution in [2.45, 2.75) is 6.42 Å². The van der Waals surface area contributed by atoms with Gasteiger partial charge in [0, 0.05) is 34.7 Å². The Morgan fingerprint density at radius 3 is 3.06 bits per heavy atom. The monoisotopic (exact) mass is 325 g/mol. The van der Waals surface area contributed by atoms with Crippen LogP contribution in [0.2, 0.25) is 0 Å². The number of nitrogens with two attached hydrogens (primary N) is 1. The molecule has 3 N–H and O–H groups in total. The number of aromatic nitrogens is 1. The fourth-order valence-electron chi connectivity index (χ4n) is 1.47. The van der Waals surface area contributed by atoms with E-state index in [0.717, 1.165) is 15.9 Å². The van der Waals surface area contributed by atoms with Crippen LogP contribution in [0.3, 0.4) is 0 Å². The molecule has 1 amide bonds. The number of benzene rings is 1. The average molecular weight is 326 g/mol. The molecule has 0 fully saturated rings. The van der Waals surface area contributed by atoms with E-state index in [1.54, 1.807) is 35.7 Å². The van der Waals surface area contributed by atoms with Crippen molar-refractivity contribution in [1.29, 1.82) is 0 Å². The maximum atomic E-state index is 11.9. The molecule has 0 atom stereocenters. The lowest BCUT2D eigenvalue weighted by molar-refractivity contribution is 0.0953. The molecule has 0 aliphatic carbocycles. The Kier molecular flexibility index (Phi) is 4.33. The minimum atomic E-state index is -0.134. The highest BCUT2D eigenvalue weighted by Crippen LogP contribution is 2.19. The highest BCUT2D eigenvalue weighted by Gasteiger charge is 2.09. The number of rotatable bonds is 4. The molecule has 2 aromatic rings. The van der Waals surface area contributed by atoms with Crippen molar-refractivity contribution in [2.24, 2.45) is 0 Å². The van der Waals surface area contributed by atoms with Crippen molar-refractivity contribution in [3.05, 3.63) is 44.8 Å². The first-order valence-corrected chi connectivity index (χ1v) is 7.05. The van der Waals surface area contributed by atoms with Gasteiger partial charge >= 0.3 is 0 Å². The van der Waals surface area contributed by atoms with E-state index in [1.807, 2.05) is 5.38 Å². The molecule has 2 rings (SSSR count). The molecule has 1 aromatic carbocycles. The molecule has 1 heterocycles. The first kappa shape index (κ1) is 13.0. The number of thiazole rings is 1. The third kappa shape index (κ3) is 3.30. The molecule has 0 unspecified atom stereocenters. The Bertz CT molecular complexity index is 542. The van der Waals surface area contributed by atoms with Crippen LogP contribution in [0, 0.1) is 0 Å². The van der Waals surface area contributed by atoms with Gasteiger partial charge in [-0.05, 0) is 34.1 Å². The van der Waals surface area contributed by atoms with Crippen LogP contribution in [-0.4, -0.2) is 17.4 Å². The van der Waals surface area contributed by atoms with E-state index in [0.29, 0.717) is 17.8 Å². The molecule has 6 heteroatoms. The maximum absolute atomic E-state index is 11.9. The van der Waals surface area contributed by atoms with Crippen LogP contribution in [0.1, 0.15) is 15.4 Å². The second kappa shape index (κ2) is 5.97. The second-order valence-corrected chi connectivity index (χ2v) is 5.50. The van der Waals surface area contributed by atoms with E-state index in [4.69, 9.17) is 5.73 Å². The summed E-state index contributed by atoms with van der Waals surface area (Å²) < 4.78 is 0.739. The summed E-state index contributed by atoms with van der Waals surface area (Å²) in [6.45, 7) is 0.563. The predicted octanol–water partition coefficient (Wildman–Crippen LogP) is 2.46. The highest BCUT2D eigenvalue weighted by molar-refractivity contribution is 9.10. The van der Waals surface area contributed by atoms with Gasteiger partial charge in [0.05, 0.1) is 10.6 Å². The number of carbonyl (C=O) groups is 1. The van der Waals surface area contributed by atoms with Crippen molar-refractivity contribution in [2.75, 3.05) is 12.3 Å². The van der Waals surface area contributed by atoms with E-state index in [2.05, 4.69) is 26.2 Å². The van der Waals surface area contributed by atoms with Gasteiger partial charge in [-0.1, -0.05) is 0 Å². The summed E-state index contributed by atoms with van der Waals surface area (Å²) >= 11 is 4.92. The fraction of sp³-hybridized carbons (Fsp3) is 0.167. The number of hydrogen-bond acceptors (Lipinski definition) is 4. The van der Waals surface area contributed by atoms with E-state index < -0.39 is 0 Å². The predicted molar refractivity (Wildman–Crippen MR) is 76.7 cm³/mol. The van der Waals surface area contributed by atoms with Gasteiger partial charge in [0.15, 0.2) is 0 Å². The number of anilines is 1. The molecule has 0 saturated heterocycles. The summed E-state index contributed by atoms with van der Waals surface area (Å²) in [6, 6.07) is 5.17. The van der Waals surface area contributed by atoms with Crippen LogP contribution in [0.5, 0.6) is 0 Å². The van der Waals surface area contributed by atoms with Crippen LogP contribution >= 0.6 is 27.3 Å². The molecular weight excluding hydrogens is 314 g/mol. The van der Waals surface area contributed by atoms with Crippen molar-refractivity contribution < 1.29 is 4.79 Å². The van der Waals surface area contributed by atoms with Crippen LogP contribution in [-0.2, 0) is 6.42 Å². The number of nitrogens with zero attached hydrogens (tertiary/aromatic N) is 1. The summed E-state index contributed by atoms with van der Waals surface area (Å²) in [5.74, 6) is -0.134. The normalized spacial score (nSPS) is 10.3. The lowest BCUT2D eigenvalue weighted by atomic mass is 10.2. The summed E-state index contributed by atoms with van der Waals surface area (Å²) in [5, 5.41) is 5.79. The third-order valence-corrected chi connectivity index (χ3v) is 3.87. The number of halogens is 1. The van der Waals surface area contributed by atoms with Crippen molar-refractivity contribution in [3.8, 4) is 0 Å². The second-order valence-electron chi connectivity index (χ2n) is 3.67. The van der Waals surface area contributed by atoms with Gasteiger partial charge < -0.3 is 11.1 Å². The van der Waals surface area contributed by atoms with E-state index in [9.17, 15) is 4.79 Å². The largest absolute Gasteiger partial charge is 0.399 e. The number of nitrogens with one attached hydrogen (secondary N) is 1. The summed E-state index contributed by atoms with van der Waals surface area (Å²) in [7, 11) is 0. The van der Waals surface area contributed by atoms with Crippen LogP contribution in [0.4, 0.5) is 5.69 Å². The molecule has 0 bridgehead atoms. The van der Waals surface area contributed by atoms with Crippen molar-refractivity contribution in [1.82, 2.24) is 10.3 Å². The third-order valence-electron chi connectivity index (χ3n) is 2.34. The molecule has 94 valence electrons. The summed E-state index contributed by atoms with van der Waals surface area (Å²) in [4.78, 5) is 16.1. The number of hydrogen-bond donors (Lipinski definition) is 2. The minimum Gasteiger partial charge on any atom is -0.399 e. The summed E-state index contributed by atoms with van der Waals surface area (Å²) in [6.07, 6.45) is 2.50. The molecule has 1 aromatic heterocycles. The Balaban J connectivity index is 1.93. The molecule has 0 aliphatic heterocycles. The zero-order valence-corrected chi connectivity index (χ0v) is 11.9. The smallest absolute Gasteiger partial charge is 0.252 e. The Morgan fingerprint density at radius 2 is 2.33 bits per heavy atom. The zero-order chi connectivity index (χ0) is 13.0. The number of amides is 1. The molecule has 0 saturated carbocycles. The van der Waals surface area contributed by atoms with Gasteiger partial charge in [0.25, 0.3) is 5.91 Å². The van der Waals surface area contributed by atoms with Crippen molar-refractivity contribution >= 4 is 38.9 Å². The Morgan fingerprint density at radius 1 is 1.50 bits per heavy atom. The van der Waals surface area contributed by atoms with Gasteiger partial charge in [-0.25, -0.2) is 4.98 Å². The Labute approximate surface area is 117 Å². The summed E-state index contributed by atoms with van der Waals surface area (Å²) in [5.41, 5.74) is 6.78. The van der Waals surface area contributed by atoms with E-state index in [1.165, 1.54) is 0 Å². The quantitative estimate of drug-likeness (QED) is 0.848. The topological polar surface area (TPSA) is 68.0 Å². The lowest BCUT2D eigenvalue weighted by Crippen LogP contribution is -2.26. The lowest BCUT2D eigenvalue weighted by Gasteiger charge is -2.06. The molecule has 4 nitrogen and oxygen atoms in total. The number of nitrogen functional groups attached to an aromatic ring is 1. The molecule has 18 heavy (non-hydrogen) atoms. The minimum absolute atomic E-state index is 0.134. The first-order chi connectivity index (χ1) is 8.66. The average Bonchev–Trinajstić information content (AvgIpc) is 2.85. The van der Waals surface area contributed by atoms with Crippen molar-refractivity contribution in [3.63, 3.8) is 0 Å². The maximum Gasteiger partial charge on any atom is 0.252 e. The van der Waals surface area contributed by atoms with Crippen LogP contribution in [0.15, 0.2) is 34.2 Å². The van der Waals surface area contributed by atoms with Gasteiger partial charge in [-0.3, -0.25) is 4.79 Å². The Hall–Kier alpha value is -1.40. The molecule has 0 spiro atoms. The molecule has 0 aliphatic rings. The fourth-order valence-corrected chi connectivity index (χ4v) is 2.52. The van der Waals surface area contributed by atoms with E-state index in [-0.39, 0.29) is 5.91 Å². The number of carbonyl (C=O) groups excluding carboxylic acids is 1. The SMILES string of the molecule is Nc1ccc(Br)c(C(=O)NCCc2nccs2)c1. The standard InChI is InChI=1S/C12H12BrN3OS/c13-10-2-1-8(14)7-9(10)12(17)16-4-3-11-15-5-6-18-11/h1-2,5-7H,3-4,14H2,(H,16,17). The highest BCUT2D eigenvalue weighted by atomic mass is 79.9. The first-order valence-electron chi connectivity index (χ1n) is 5.38. The van der Waals surface area contributed by atoms with Gasteiger partial charge in [0.1, 0.15) is 0 Å². The van der Waals surface area contributed by atoms with Gasteiger partial charge in [-0.15, -0.1) is 11.3 Å². The zero-order valence-electron chi connectivity index (χ0n) is 9.52. The van der Waals surface area contributed by atoms with Gasteiger partial charge in [0.2, 0.25) is 0 Å². The van der Waals surface area contributed by atoms with Gasteiger partial charge in [-0.2, -0.15) is 0 Å². The van der Waals surface area contributed by atoms with E-state index >= 15 is 0 Å². The molecule has 0 radical (unpaired) electrons.